The van der Waals surface area contributed by atoms with Gasteiger partial charge in [0.15, 0.2) is 0 Å². The van der Waals surface area contributed by atoms with Gasteiger partial charge in [-0.05, 0) is 48.4 Å². The van der Waals surface area contributed by atoms with Crippen LogP contribution in [0.4, 0.5) is 4.39 Å². The van der Waals surface area contributed by atoms with E-state index >= 15 is 0 Å². The summed E-state index contributed by atoms with van der Waals surface area (Å²) in [5.41, 5.74) is 9.32. The molecule has 3 rings (SSSR count). The second-order valence-electron chi connectivity index (χ2n) is 5.77. The van der Waals surface area contributed by atoms with Gasteiger partial charge in [0.05, 0.1) is 0 Å². The maximum Gasteiger partial charge on any atom is 0.127 e. The summed E-state index contributed by atoms with van der Waals surface area (Å²) in [7, 11) is 0. The molecule has 21 heavy (non-hydrogen) atoms. The minimum atomic E-state index is -0.279. The first-order valence-electron chi connectivity index (χ1n) is 7.44. The summed E-state index contributed by atoms with van der Waals surface area (Å²) in [4.78, 5) is 0. The SMILES string of the molecule is NC(Cc1c(F)cccc1Cl)c1ccccc1C1CCC1. The Morgan fingerprint density at radius 2 is 1.90 bits per heavy atom. The van der Waals surface area contributed by atoms with Crippen LogP contribution in [0.3, 0.4) is 0 Å². The van der Waals surface area contributed by atoms with Gasteiger partial charge in [0.1, 0.15) is 5.82 Å². The summed E-state index contributed by atoms with van der Waals surface area (Å²) in [5, 5.41) is 0.451. The van der Waals surface area contributed by atoms with Crippen LogP contribution in [-0.4, -0.2) is 0 Å². The van der Waals surface area contributed by atoms with Crippen molar-refractivity contribution in [3.63, 3.8) is 0 Å². The molecule has 3 heteroatoms. The number of hydrogen-bond acceptors (Lipinski definition) is 1. The molecule has 0 radical (unpaired) electrons. The van der Waals surface area contributed by atoms with Crippen LogP contribution in [0.25, 0.3) is 0 Å². The summed E-state index contributed by atoms with van der Waals surface area (Å²) in [6, 6.07) is 12.8. The number of rotatable bonds is 4. The van der Waals surface area contributed by atoms with Gasteiger partial charge in [-0.1, -0.05) is 48.4 Å². The van der Waals surface area contributed by atoms with E-state index in [2.05, 4.69) is 18.2 Å². The summed E-state index contributed by atoms with van der Waals surface area (Å²) < 4.78 is 13.9. The van der Waals surface area contributed by atoms with E-state index in [1.165, 1.54) is 30.9 Å². The topological polar surface area (TPSA) is 26.0 Å². The maximum absolute atomic E-state index is 13.9. The highest BCUT2D eigenvalue weighted by Crippen LogP contribution is 2.39. The molecule has 1 atom stereocenters. The Labute approximate surface area is 129 Å². The lowest BCUT2D eigenvalue weighted by Crippen LogP contribution is -2.19. The first-order valence-corrected chi connectivity index (χ1v) is 7.82. The minimum Gasteiger partial charge on any atom is -0.324 e. The van der Waals surface area contributed by atoms with E-state index < -0.39 is 0 Å². The standard InChI is InChI=1S/C18H19ClFN/c19-16-9-4-10-17(20)15(16)11-18(21)14-8-2-1-7-13(14)12-5-3-6-12/h1-2,4,7-10,12,18H,3,5-6,11,21H2. The molecule has 0 heterocycles. The average molecular weight is 304 g/mol. The lowest BCUT2D eigenvalue weighted by molar-refractivity contribution is 0.415. The van der Waals surface area contributed by atoms with Gasteiger partial charge in [-0.15, -0.1) is 0 Å². The number of halogens is 2. The van der Waals surface area contributed by atoms with Gasteiger partial charge in [0.25, 0.3) is 0 Å². The van der Waals surface area contributed by atoms with Gasteiger partial charge in [-0.3, -0.25) is 0 Å². The Morgan fingerprint density at radius 3 is 2.57 bits per heavy atom. The number of benzene rings is 2. The molecule has 0 aromatic heterocycles. The van der Waals surface area contributed by atoms with Gasteiger partial charge in [0.2, 0.25) is 0 Å². The third-order valence-corrected chi connectivity index (χ3v) is 4.78. The van der Waals surface area contributed by atoms with Crippen LogP contribution >= 0.6 is 11.6 Å². The van der Waals surface area contributed by atoms with Crippen molar-refractivity contribution in [1.82, 2.24) is 0 Å². The smallest absolute Gasteiger partial charge is 0.127 e. The monoisotopic (exact) mass is 303 g/mol. The minimum absolute atomic E-state index is 0.226. The van der Waals surface area contributed by atoms with E-state index in [1.54, 1.807) is 12.1 Å². The zero-order valence-corrected chi connectivity index (χ0v) is 12.6. The molecule has 2 aromatic rings. The van der Waals surface area contributed by atoms with Crippen molar-refractivity contribution in [2.75, 3.05) is 0 Å². The van der Waals surface area contributed by atoms with Crippen LogP contribution in [0.5, 0.6) is 0 Å². The highest BCUT2D eigenvalue weighted by molar-refractivity contribution is 6.31. The fourth-order valence-corrected chi connectivity index (χ4v) is 3.24. The van der Waals surface area contributed by atoms with Crippen molar-refractivity contribution < 1.29 is 4.39 Å². The van der Waals surface area contributed by atoms with E-state index in [-0.39, 0.29) is 11.9 Å². The van der Waals surface area contributed by atoms with E-state index in [9.17, 15) is 4.39 Å². The fraction of sp³-hybridized carbons (Fsp3) is 0.333. The lowest BCUT2D eigenvalue weighted by Gasteiger charge is -2.29. The second-order valence-corrected chi connectivity index (χ2v) is 6.17. The van der Waals surface area contributed by atoms with Crippen molar-refractivity contribution in [1.29, 1.82) is 0 Å². The van der Waals surface area contributed by atoms with E-state index in [4.69, 9.17) is 17.3 Å². The Kier molecular flexibility index (Phi) is 4.27. The molecule has 1 aliphatic carbocycles. The zero-order chi connectivity index (χ0) is 14.8. The molecule has 0 bridgehead atoms. The quantitative estimate of drug-likeness (QED) is 0.846. The predicted octanol–water partition coefficient (Wildman–Crippen LogP) is 4.99. The van der Waals surface area contributed by atoms with Crippen LogP contribution < -0.4 is 5.73 Å². The predicted molar refractivity (Wildman–Crippen MR) is 85.1 cm³/mol. The zero-order valence-electron chi connectivity index (χ0n) is 11.9. The number of nitrogens with two attached hydrogens (primary N) is 1. The molecule has 1 fully saturated rings. The van der Waals surface area contributed by atoms with Crippen molar-refractivity contribution in [2.24, 2.45) is 5.73 Å². The first kappa shape index (κ1) is 14.6. The lowest BCUT2D eigenvalue weighted by atomic mass is 9.77. The molecule has 0 spiro atoms. The summed E-state index contributed by atoms with van der Waals surface area (Å²) in [6.07, 6.45) is 4.16. The van der Waals surface area contributed by atoms with Gasteiger partial charge in [-0.2, -0.15) is 0 Å². The molecular weight excluding hydrogens is 285 g/mol. The molecule has 0 amide bonds. The van der Waals surface area contributed by atoms with Gasteiger partial charge in [-0.25, -0.2) is 4.39 Å². The Balaban J connectivity index is 1.87. The van der Waals surface area contributed by atoms with Crippen LogP contribution in [0.1, 0.15) is 47.9 Å². The van der Waals surface area contributed by atoms with Crippen molar-refractivity contribution in [3.8, 4) is 0 Å². The molecule has 110 valence electrons. The molecule has 0 aliphatic heterocycles. The van der Waals surface area contributed by atoms with Crippen LogP contribution in [-0.2, 0) is 6.42 Å². The Bertz CT molecular complexity index is 617. The van der Waals surface area contributed by atoms with E-state index in [1.807, 2.05) is 6.07 Å². The number of hydrogen-bond donors (Lipinski definition) is 1. The maximum atomic E-state index is 13.9. The summed E-state index contributed by atoms with van der Waals surface area (Å²) >= 11 is 6.11. The van der Waals surface area contributed by atoms with Gasteiger partial charge in [0, 0.05) is 16.6 Å². The average Bonchev–Trinajstić information content (AvgIpc) is 2.42. The molecular formula is C18H19ClFN. The third kappa shape index (κ3) is 2.97. The first-order chi connectivity index (χ1) is 10.2. The highest BCUT2D eigenvalue weighted by atomic mass is 35.5. The van der Waals surface area contributed by atoms with Gasteiger partial charge < -0.3 is 5.73 Å². The Morgan fingerprint density at radius 1 is 1.14 bits per heavy atom. The molecule has 1 unspecified atom stereocenters. The molecule has 2 aromatic carbocycles. The van der Waals surface area contributed by atoms with Gasteiger partial charge >= 0.3 is 0 Å². The van der Waals surface area contributed by atoms with Crippen LogP contribution in [0, 0.1) is 5.82 Å². The molecule has 1 nitrogen and oxygen atoms in total. The van der Waals surface area contributed by atoms with Crippen LogP contribution in [0.15, 0.2) is 42.5 Å². The molecule has 1 saturated carbocycles. The Hall–Kier alpha value is -1.38. The molecule has 2 N–H and O–H groups in total. The van der Waals surface area contributed by atoms with E-state index in [0.29, 0.717) is 22.9 Å². The van der Waals surface area contributed by atoms with E-state index in [0.717, 1.165) is 5.56 Å². The molecule has 1 aliphatic rings. The second kappa shape index (κ2) is 6.17. The molecule has 0 saturated heterocycles. The van der Waals surface area contributed by atoms with Crippen molar-refractivity contribution in [2.45, 2.75) is 37.6 Å². The van der Waals surface area contributed by atoms with Crippen molar-refractivity contribution in [3.05, 3.63) is 70.0 Å². The van der Waals surface area contributed by atoms with Crippen molar-refractivity contribution >= 4 is 11.6 Å². The van der Waals surface area contributed by atoms with Crippen LogP contribution in [0.2, 0.25) is 5.02 Å². The largest absolute Gasteiger partial charge is 0.324 e. The summed E-state index contributed by atoms with van der Waals surface area (Å²) in [6.45, 7) is 0. The highest BCUT2D eigenvalue weighted by Gasteiger charge is 2.24. The summed E-state index contributed by atoms with van der Waals surface area (Å²) in [5.74, 6) is 0.336. The fourth-order valence-electron chi connectivity index (χ4n) is 3.00. The third-order valence-electron chi connectivity index (χ3n) is 4.43. The normalized spacial score (nSPS) is 16.5.